The van der Waals surface area contributed by atoms with Gasteiger partial charge in [-0.25, -0.2) is 0 Å². The molecule has 1 N–H and O–H groups in total. The lowest BCUT2D eigenvalue weighted by Gasteiger charge is -2.34. The van der Waals surface area contributed by atoms with Gasteiger partial charge in [0.05, 0.1) is 11.4 Å². The van der Waals surface area contributed by atoms with E-state index in [-0.39, 0.29) is 18.4 Å². The van der Waals surface area contributed by atoms with Crippen LogP contribution < -0.4 is 5.32 Å². The molecule has 2 heterocycles. The molecule has 128 valence electrons. The van der Waals surface area contributed by atoms with Crippen LogP contribution in [0.2, 0.25) is 0 Å². The van der Waals surface area contributed by atoms with Gasteiger partial charge in [-0.2, -0.15) is 0 Å². The van der Waals surface area contributed by atoms with Gasteiger partial charge in [0.25, 0.3) is 5.91 Å². The number of amides is 2. The molecule has 0 spiro atoms. The largest absolute Gasteiger partial charge is 0.343 e. The topological polar surface area (TPSA) is 49.4 Å². The summed E-state index contributed by atoms with van der Waals surface area (Å²) in [7, 11) is 0. The average Bonchev–Trinajstić information content (AvgIpc) is 3.20. The van der Waals surface area contributed by atoms with E-state index < -0.39 is 6.04 Å². The van der Waals surface area contributed by atoms with Gasteiger partial charge in [0.1, 0.15) is 6.04 Å². The maximum atomic E-state index is 12.6. The highest BCUT2D eigenvalue weighted by Gasteiger charge is 2.32. The van der Waals surface area contributed by atoms with E-state index in [2.05, 4.69) is 17.2 Å². The van der Waals surface area contributed by atoms with Crippen molar-refractivity contribution in [2.45, 2.75) is 25.3 Å². The summed E-state index contributed by atoms with van der Waals surface area (Å²) in [6.07, 6.45) is 2.60. The second-order valence-electron chi connectivity index (χ2n) is 5.87. The van der Waals surface area contributed by atoms with E-state index in [0.717, 1.165) is 18.4 Å². The Morgan fingerprint density at radius 2 is 2.00 bits per heavy atom. The van der Waals surface area contributed by atoms with Crippen molar-refractivity contribution in [3.63, 3.8) is 0 Å². The minimum absolute atomic E-state index is 0.0507. The molecule has 0 radical (unpaired) electrons. The van der Waals surface area contributed by atoms with Crippen molar-refractivity contribution in [1.29, 1.82) is 0 Å². The molecule has 1 fully saturated rings. The Balaban J connectivity index is 1.59. The molecule has 1 unspecified atom stereocenters. The summed E-state index contributed by atoms with van der Waals surface area (Å²) in [6, 6.07) is 12.9. The second kappa shape index (κ2) is 8.50. The molecule has 0 saturated carbocycles. The van der Waals surface area contributed by atoms with Gasteiger partial charge in [-0.1, -0.05) is 36.1 Å². The lowest BCUT2D eigenvalue weighted by atomic mass is 10.0. The predicted molar refractivity (Wildman–Crippen MR) is 99.3 cm³/mol. The van der Waals surface area contributed by atoms with Gasteiger partial charge in [-0.3, -0.25) is 9.59 Å². The number of carbonyl (C=O) groups is 2. The fraction of sp³-hybridized carbons (Fsp3) is 0.300. The molecule has 0 bridgehead atoms. The van der Waals surface area contributed by atoms with Gasteiger partial charge in [-0.05, 0) is 42.8 Å². The van der Waals surface area contributed by atoms with Crippen LogP contribution >= 0.6 is 11.3 Å². The van der Waals surface area contributed by atoms with Crippen molar-refractivity contribution in [1.82, 2.24) is 10.2 Å². The SMILES string of the molecule is O=C(NCC#Cc1ccccc1)C1CCCCN1C(=O)c1cccs1. The molecule has 1 aliphatic heterocycles. The third kappa shape index (κ3) is 4.49. The quantitative estimate of drug-likeness (QED) is 0.864. The first-order valence-electron chi connectivity index (χ1n) is 8.42. The molecule has 2 amide bonds. The van der Waals surface area contributed by atoms with Crippen LogP contribution in [-0.2, 0) is 4.79 Å². The maximum Gasteiger partial charge on any atom is 0.264 e. The van der Waals surface area contributed by atoms with Gasteiger partial charge < -0.3 is 10.2 Å². The highest BCUT2D eigenvalue weighted by Crippen LogP contribution is 2.21. The zero-order valence-electron chi connectivity index (χ0n) is 13.9. The number of benzene rings is 1. The smallest absolute Gasteiger partial charge is 0.264 e. The van der Waals surface area contributed by atoms with Crippen LogP contribution in [0.4, 0.5) is 0 Å². The molecule has 25 heavy (non-hydrogen) atoms. The van der Waals surface area contributed by atoms with E-state index in [9.17, 15) is 9.59 Å². The Morgan fingerprint density at radius 3 is 2.76 bits per heavy atom. The number of piperidine rings is 1. The zero-order chi connectivity index (χ0) is 17.5. The van der Waals surface area contributed by atoms with Crippen LogP contribution in [0.1, 0.15) is 34.5 Å². The summed E-state index contributed by atoms with van der Waals surface area (Å²) in [6.45, 7) is 0.912. The highest BCUT2D eigenvalue weighted by molar-refractivity contribution is 7.12. The maximum absolute atomic E-state index is 12.6. The molecule has 4 nitrogen and oxygen atoms in total. The van der Waals surface area contributed by atoms with E-state index in [1.807, 2.05) is 47.8 Å². The monoisotopic (exact) mass is 352 g/mol. The van der Waals surface area contributed by atoms with Gasteiger partial charge in [0, 0.05) is 12.1 Å². The Kier molecular flexibility index (Phi) is 5.86. The van der Waals surface area contributed by atoms with Gasteiger partial charge in [-0.15, -0.1) is 11.3 Å². The first-order chi connectivity index (χ1) is 12.3. The minimum atomic E-state index is -0.401. The number of nitrogens with one attached hydrogen (secondary N) is 1. The Labute approximate surface area is 151 Å². The molecule has 2 aromatic rings. The predicted octanol–water partition coefficient (Wildman–Crippen LogP) is 2.91. The Morgan fingerprint density at radius 1 is 1.16 bits per heavy atom. The van der Waals surface area contributed by atoms with Gasteiger partial charge in [0.15, 0.2) is 0 Å². The van der Waals surface area contributed by atoms with E-state index in [1.165, 1.54) is 11.3 Å². The first-order valence-corrected chi connectivity index (χ1v) is 9.30. The molecule has 5 heteroatoms. The standard InChI is InChI=1S/C20H20N2O2S/c23-19(21-13-6-10-16-8-2-1-3-9-16)17-11-4-5-14-22(17)20(24)18-12-7-15-25-18/h1-3,7-9,12,15,17H,4-5,11,13-14H2,(H,21,23). The normalized spacial score (nSPS) is 16.6. The third-order valence-electron chi connectivity index (χ3n) is 4.16. The van der Waals surface area contributed by atoms with Crippen LogP contribution in [-0.4, -0.2) is 35.8 Å². The van der Waals surface area contributed by atoms with Crippen molar-refractivity contribution in [2.75, 3.05) is 13.1 Å². The fourth-order valence-corrected chi connectivity index (χ4v) is 3.58. The van der Waals surface area contributed by atoms with Crippen molar-refractivity contribution in [3.8, 4) is 11.8 Å². The molecule has 1 atom stereocenters. The lowest BCUT2D eigenvalue weighted by molar-refractivity contribution is -0.126. The second-order valence-corrected chi connectivity index (χ2v) is 6.82. The summed E-state index contributed by atoms with van der Waals surface area (Å²) in [5, 5.41) is 4.73. The molecule has 3 rings (SSSR count). The molecule has 1 aromatic carbocycles. The van der Waals surface area contributed by atoms with Crippen molar-refractivity contribution in [3.05, 3.63) is 58.3 Å². The van der Waals surface area contributed by atoms with E-state index in [4.69, 9.17) is 0 Å². The van der Waals surface area contributed by atoms with Crippen LogP contribution in [0.3, 0.4) is 0 Å². The summed E-state index contributed by atoms with van der Waals surface area (Å²) in [5.41, 5.74) is 0.920. The molecule has 0 aliphatic carbocycles. The van der Waals surface area contributed by atoms with Crippen molar-refractivity contribution in [2.24, 2.45) is 0 Å². The summed E-state index contributed by atoms with van der Waals surface area (Å²) in [5.74, 6) is 5.81. The van der Waals surface area contributed by atoms with E-state index in [0.29, 0.717) is 17.8 Å². The number of thiophene rings is 1. The van der Waals surface area contributed by atoms with Crippen LogP contribution in [0.25, 0.3) is 0 Å². The number of carbonyl (C=O) groups excluding carboxylic acids is 2. The minimum Gasteiger partial charge on any atom is -0.343 e. The number of hydrogen-bond donors (Lipinski definition) is 1. The fourth-order valence-electron chi connectivity index (χ4n) is 2.91. The summed E-state index contributed by atoms with van der Waals surface area (Å²) in [4.78, 5) is 27.5. The molecule has 1 saturated heterocycles. The number of likely N-dealkylation sites (tertiary alicyclic amines) is 1. The molecular formula is C20H20N2O2S. The average molecular weight is 352 g/mol. The summed E-state index contributed by atoms with van der Waals surface area (Å²) < 4.78 is 0. The van der Waals surface area contributed by atoms with Crippen molar-refractivity contribution >= 4 is 23.2 Å². The van der Waals surface area contributed by atoms with E-state index in [1.54, 1.807) is 4.90 Å². The highest BCUT2D eigenvalue weighted by atomic mass is 32.1. The Hall–Kier alpha value is -2.58. The first kappa shape index (κ1) is 17.2. The van der Waals surface area contributed by atoms with Crippen LogP contribution in [0.5, 0.6) is 0 Å². The zero-order valence-corrected chi connectivity index (χ0v) is 14.7. The van der Waals surface area contributed by atoms with Crippen LogP contribution in [0.15, 0.2) is 47.8 Å². The number of rotatable bonds is 3. The van der Waals surface area contributed by atoms with Crippen molar-refractivity contribution < 1.29 is 9.59 Å². The Bertz CT molecular complexity index is 775. The summed E-state index contributed by atoms with van der Waals surface area (Å²) >= 11 is 1.41. The number of hydrogen-bond acceptors (Lipinski definition) is 3. The third-order valence-corrected chi connectivity index (χ3v) is 5.01. The van der Waals surface area contributed by atoms with Gasteiger partial charge >= 0.3 is 0 Å². The lowest BCUT2D eigenvalue weighted by Crippen LogP contribution is -2.51. The van der Waals surface area contributed by atoms with E-state index >= 15 is 0 Å². The molecular weight excluding hydrogens is 332 g/mol. The molecule has 1 aromatic heterocycles. The van der Waals surface area contributed by atoms with Crippen LogP contribution in [0, 0.1) is 11.8 Å². The van der Waals surface area contributed by atoms with Gasteiger partial charge in [0.2, 0.25) is 5.91 Å². The molecule has 1 aliphatic rings. The number of nitrogens with zero attached hydrogens (tertiary/aromatic N) is 1.